The molecule has 0 saturated heterocycles. The van der Waals surface area contributed by atoms with Gasteiger partial charge in [-0.2, -0.15) is 0 Å². The molecule has 0 aliphatic carbocycles. The van der Waals surface area contributed by atoms with Crippen LogP contribution >= 0.6 is 0 Å². The fourth-order valence-corrected chi connectivity index (χ4v) is 0.482. The Balaban J connectivity index is 3.70. The van der Waals surface area contributed by atoms with E-state index in [2.05, 4.69) is 5.32 Å². The highest BCUT2D eigenvalue weighted by molar-refractivity contribution is 5.75. The summed E-state index contributed by atoms with van der Waals surface area (Å²) in [6.07, 6.45) is 0. The van der Waals surface area contributed by atoms with E-state index in [0.29, 0.717) is 0 Å². The summed E-state index contributed by atoms with van der Waals surface area (Å²) in [7, 11) is 0. The van der Waals surface area contributed by atoms with Crippen molar-refractivity contribution < 1.29 is 19.8 Å². The first-order valence-corrected chi connectivity index (χ1v) is 2.96. The second-order valence-corrected chi connectivity index (χ2v) is 1.90. The number of carbonyl (C=O) groups is 2. The monoisotopic (exact) mass is 162 g/mol. The molecule has 0 rings (SSSR count). The molecule has 0 bridgehead atoms. The first-order chi connectivity index (χ1) is 5.07. The van der Waals surface area contributed by atoms with E-state index in [-0.39, 0.29) is 6.54 Å². The third kappa shape index (κ3) is 4.29. The van der Waals surface area contributed by atoms with Crippen LogP contribution in [0, 0.1) is 0 Å². The van der Waals surface area contributed by atoms with Gasteiger partial charge in [-0.15, -0.1) is 0 Å². The van der Waals surface area contributed by atoms with Crippen molar-refractivity contribution in [3.05, 3.63) is 0 Å². The van der Waals surface area contributed by atoms with Gasteiger partial charge in [-0.3, -0.25) is 14.9 Å². The summed E-state index contributed by atoms with van der Waals surface area (Å²) >= 11 is 0. The molecular formula is C5H10N2O4. The van der Waals surface area contributed by atoms with Gasteiger partial charge in [0, 0.05) is 6.54 Å². The van der Waals surface area contributed by atoms with E-state index in [4.69, 9.17) is 15.9 Å². The van der Waals surface area contributed by atoms with E-state index in [1.165, 1.54) is 0 Å². The van der Waals surface area contributed by atoms with E-state index in [1.807, 2.05) is 0 Å². The Kier molecular flexibility index (Phi) is 4.16. The van der Waals surface area contributed by atoms with Crippen molar-refractivity contribution in [2.75, 3.05) is 13.1 Å². The van der Waals surface area contributed by atoms with Crippen LogP contribution in [0.25, 0.3) is 0 Å². The van der Waals surface area contributed by atoms with Crippen molar-refractivity contribution in [1.29, 1.82) is 0 Å². The normalized spacial score (nSPS) is 12.5. The zero-order valence-corrected chi connectivity index (χ0v) is 5.78. The molecule has 6 nitrogen and oxygen atoms in total. The minimum Gasteiger partial charge on any atom is -0.480 e. The van der Waals surface area contributed by atoms with Crippen LogP contribution in [0.4, 0.5) is 0 Å². The van der Waals surface area contributed by atoms with Crippen LogP contribution in [0.3, 0.4) is 0 Å². The maximum atomic E-state index is 10.2. The minimum absolute atomic E-state index is 0.122. The molecule has 0 spiro atoms. The van der Waals surface area contributed by atoms with E-state index in [0.717, 1.165) is 0 Å². The molecule has 0 aromatic carbocycles. The molecule has 0 aliphatic rings. The van der Waals surface area contributed by atoms with Crippen molar-refractivity contribution in [1.82, 2.24) is 5.32 Å². The lowest BCUT2D eigenvalue weighted by atomic mass is 10.3. The van der Waals surface area contributed by atoms with Gasteiger partial charge in [0.05, 0.1) is 6.54 Å². The molecule has 64 valence electrons. The highest BCUT2D eigenvalue weighted by Crippen LogP contribution is 1.78. The Hall–Kier alpha value is -1.14. The summed E-state index contributed by atoms with van der Waals surface area (Å²) in [4.78, 5) is 20.2. The van der Waals surface area contributed by atoms with Gasteiger partial charge in [0.2, 0.25) is 0 Å². The largest absolute Gasteiger partial charge is 0.480 e. The van der Waals surface area contributed by atoms with Crippen molar-refractivity contribution in [3.8, 4) is 0 Å². The van der Waals surface area contributed by atoms with E-state index >= 15 is 0 Å². The van der Waals surface area contributed by atoms with Crippen LogP contribution in [0.15, 0.2) is 0 Å². The number of hydrogen-bond acceptors (Lipinski definition) is 4. The molecule has 0 saturated carbocycles. The molecule has 0 aromatic heterocycles. The smallest absolute Gasteiger partial charge is 0.322 e. The topological polar surface area (TPSA) is 113 Å². The van der Waals surface area contributed by atoms with E-state index in [1.54, 1.807) is 0 Å². The number of hydrogen-bond donors (Lipinski definition) is 4. The first kappa shape index (κ1) is 9.86. The highest BCUT2D eigenvalue weighted by atomic mass is 16.4. The molecule has 0 radical (unpaired) electrons. The maximum absolute atomic E-state index is 10.2. The molecule has 0 amide bonds. The number of rotatable bonds is 5. The quantitative estimate of drug-likeness (QED) is 0.374. The standard InChI is InChI=1S/C5H10N2O4/c6-1-3(5(10)11)7-2-4(8)9/h3,7H,1-2,6H2,(H,8,9)(H,10,11)/t3-/m0/s1. The predicted octanol–water partition coefficient (Wildman–Crippen LogP) is -1.93. The number of aliphatic carboxylic acids is 2. The first-order valence-electron chi connectivity index (χ1n) is 2.96. The average molecular weight is 162 g/mol. The number of nitrogens with one attached hydrogen (secondary N) is 1. The molecule has 0 aromatic rings. The molecular weight excluding hydrogens is 152 g/mol. The Morgan fingerprint density at radius 2 is 2.00 bits per heavy atom. The summed E-state index contributed by atoms with van der Waals surface area (Å²) in [6, 6.07) is -0.980. The van der Waals surface area contributed by atoms with Crippen LogP contribution in [-0.2, 0) is 9.59 Å². The second kappa shape index (κ2) is 4.64. The summed E-state index contributed by atoms with van der Waals surface area (Å²) in [6.45, 7) is -0.517. The van der Waals surface area contributed by atoms with Crippen LogP contribution in [-0.4, -0.2) is 41.3 Å². The van der Waals surface area contributed by atoms with Gasteiger partial charge in [-0.05, 0) is 0 Å². The maximum Gasteiger partial charge on any atom is 0.322 e. The van der Waals surface area contributed by atoms with E-state index in [9.17, 15) is 9.59 Å². The SMILES string of the molecule is NC[C@H](NCC(=O)O)C(=O)O. The Labute approximate surface area is 63.0 Å². The van der Waals surface area contributed by atoms with Crippen LogP contribution in [0.5, 0.6) is 0 Å². The van der Waals surface area contributed by atoms with Gasteiger partial charge >= 0.3 is 11.9 Å². The zero-order chi connectivity index (χ0) is 8.85. The Morgan fingerprint density at radius 1 is 1.45 bits per heavy atom. The molecule has 0 unspecified atom stereocenters. The summed E-state index contributed by atoms with van der Waals surface area (Å²) in [5.41, 5.74) is 5.02. The average Bonchev–Trinajstić information content (AvgIpc) is 1.87. The van der Waals surface area contributed by atoms with Crippen LogP contribution < -0.4 is 11.1 Å². The van der Waals surface area contributed by atoms with Crippen molar-refractivity contribution in [2.24, 2.45) is 5.73 Å². The van der Waals surface area contributed by atoms with Crippen molar-refractivity contribution in [2.45, 2.75) is 6.04 Å². The molecule has 5 N–H and O–H groups in total. The fraction of sp³-hybridized carbons (Fsp3) is 0.600. The fourth-order valence-electron chi connectivity index (χ4n) is 0.482. The second-order valence-electron chi connectivity index (χ2n) is 1.90. The van der Waals surface area contributed by atoms with Gasteiger partial charge in [0.25, 0.3) is 0 Å². The Morgan fingerprint density at radius 3 is 2.27 bits per heavy atom. The molecule has 6 heteroatoms. The van der Waals surface area contributed by atoms with Gasteiger partial charge in [-0.25, -0.2) is 0 Å². The van der Waals surface area contributed by atoms with E-state index < -0.39 is 24.5 Å². The lowest BCUT2D eigenvalue weighted by Gasteiger charge is -2.08. The van der Waals surface area contributed by atoms with Crippen LogP contribution in [0.1, 0.15) is 0 Å². The number of carboxylic acids is 2. The van der Waals surface area contributed by atoms with Gasteiger partial charge in [-0.1, -0.05) is 0 Å². The van der Waals surface area contributed by atoms with Crippen LogP contribution in [0.2, 0.25) is 0 Å². The highest BCUT2D eigenvalue weighted by Gasteiger charge is 2.14. The molecule has 11 heavy (non-hydrogen) atoms. The lowest BCUT2D eigenvalue weighted by Crippen LogP contribution is -2.44. The molecule has 0 fully saturated rings. The van der Waals surface area contributed by atoms with Crippen molar-refractivity contribution in [3.63, 3.8) is 0 Å². The minimum atomic E-state index is -1.14. The molecule has 0 aliphatic heterocycles. The third-order valence-electron chi connectivity index (χ3n) is 1.03. The number of nitrogens with two attached hydrogens (primary N) is 1. The van der Waals surface area contributed by atoms with Gasteiger partial charge in [0.1, 0.15) is 6.04 Å². The summed E-state index contributed by atoms with van der Waals surface area (Å²) in [5.74, 6) is -2.25. The third-order valence-corrected chi connectivity index (χ3v) is 1.03. The zero-order valence-electron chi connectivity index (χ0n) is 5.78. The van der Waals surface area contributed by atoms with Gasteiger partial charge < -0.3 is 15.9 Å². The summed E-state index contributed by atoms with van der Waals surface area (Å²) < 4.78 is 0. The Bertz CT molecular complexity index is 159. The predicted molar refractivity (Wildman–Crippen MR) is 36.1 cm³/mol. The molecule has 1 atom stereocenters. The van der Waals surface area contributed by atoms with Gasteiger partial charge in [0.15, 0.2) is 0 Å². The summed E-state index contributed by atoms with van der Waals surface area (Å²) in [5, 5.41) is 18.7. The molecule has 0 heterocycles. The lowest BCUT2D eigenvalue weighted by molar-refractivity contribution is -0.140. The number of carboxylic acid groups (broad SMARTS) is 2. The van der Waals surface area contributed by atoms with Crippen molar-refractivity contribution >= 4 is 11.9 Å².